The van der Waals surface area contributed by atoms with E-state index in [-0.39, 0.29) is 30.3 Å². The lowest BCUT2D eigenvalue weighted by Gasteiger charge is -2.34. The molecule has 3 aromatic heterocycles. The summed E-state index contributed by atoms with van der Waals surface area (Å²) in [7, 11) is 1.62. The normalized spacial score (nSPS) is 14.8. The molecule has 0 saturated carbocycles. The van der Waals surface area contributed by atoms with Gasteiger partial charge < -0.3 is 20.3 Å². The summed E-state index contributed by atoms with van der Waals surface area (Å²) in [6.45, 7) is 9.12. The third kappa shape index (κ3) is 7.31. The zero-order valence-electron chi connectivity index (χ0n) is 28.6. The average molecular weight is 663 g/mol. The summed E-state index contributed by atoms with van der Waals surface area (Å²) >= 11 is 0. The number of anilines is 2. The molecule has 1 fully saturated rings. The molecule has 0 aliphatic carbocycles. The standard InChI is InChI=1S/C37H42N8O4/c1-6-7-20-44-31-32(41-34(44)43-19-13-16-26(23-43)40-35(47)49-37(2,3)4)42(5)36(48)45(33(31)46)24-27-21-30(28-17-11-12-18-29(28)39-27)38-22-25-14-9-8-10-15-25/h8-12,14-15,17-18,21,26H,13,16,19-20,22-24H2,1-5H3,(H,38,39)(H,40,47). The number of nitrogens with one attached hydrogen (secondary N) is 2. The molecule has 1 unspecified atom stereocenters. The van der Waals surface area contributed by atoms with Crippen LogP contribution in [0.2, 0.25) is 0 Å². The highest BCUT2D eigenvalue weighted by Crippen LogP contribution is 2.26. The number of hydrogen-bond acceptors (Lipinski definition) is 8. The Morgan fingerprint density at radius 3 is 2.55 bits per heavy atom. The molecular formula is C37H42N8O4. The van der Waals surface area contributed by atoms with Gasteiger partial charge in [-0.25, -0.2) is 9.59 Å². The van der Waals surface area contributed by atoms with Gasteiger partial charge in [0, 0.05) is 43.8 Å². The van der Waals surface area contributed by atoms with Gasteiger partial charge in [-0.05, 0) is 58.2 Å². The maximum atomic E-state index is 14.3. The smallest absolute Gasteiger partial charge is 0.407 e. The Balaban J connectivity index is 1.37. The van der Waals surface area contributed by atoms with E-state index in [1.54, 1.807) is 18.5 Å². The topological polar surface area (TPSA) is 128 Å². The van der Waals surface area contributed by atoms with Crippen molar-refractivity contribution in [1.29, 1.82) is 0 Å². The largest absolute Gasteiger partial charge is 0.444 e. The number of benzene rings is 2. The van der Waals surface area contributed by atoms with Crippen molar-refractivity contribution in [3.63, 3.8) is 0 Å². The minimum absolute atomic E-state index is 0.0299. The second-order valence-electron chi connectivity index (χ2n) is 13.3. The summed E-state index contributed by atoms with van der Waals surface area (Å²) < 4.78 is 9.88. The Hall–Kier alpha value is -5.57. The average Bonchev–Trinajstić information content (AvgIpc) is 3.46. The first-order chi connectivity index (χ1) is 23.5. The molecule has 2 aromatic carbocycles. The molecule has 1 aliphatic heterocycles. The number of para-hydroxylation sites is 1. The predicted octanol–water partition coefficient (Wildman–Crippen LogP) is 4.62. The molecule has 0 spiro atoms. The maximum Gasteiger partial charge on any atom is 0.407 e. The van der Waals surface area contributed by atoms with Gasteiger partial charge >= 0.3 is 11.8 Å². The van der Waals surface area contributed by atoms with E-state index < -0.39 is 22.9 Å². The molecule has 12 heteroatoms. The van der Waals surface area contributed by atoms with Gasteiger partial charge in [0.1, 0.15) is 5.60 Å². The summed E-state index contributed by atoms with van der Waals surface area (Å²) in [6, 6.07) is 19.6. The molecule has 1 saturated heterocycles. The predicted molar refractivity (Wildman–Crippen MR) is 192 cm³/mol. The zero-order valence-corrected chi connectivity index (χ0v) is 28.6. The highest BCUT2D eigenvalue weighted by atomic mass is 16.6. The van der Waals surface area contributed by atoms with Crippen LogP contribution < -0.4 is 26.8 Å². The fraction of sp³-hybridized carbons (Fsp3) is 0.378. The first-order valence-corrected chi connectivity index (χ1v) is 16.5. The number of hydrogen-bond donors (Lipinski definition) is 2. The van der Waals surface area contributed by atoms with Crippen molar-refractivity contribution >= 4 is 39.8 Å². The number of rotatable bonds is 8. The molecule has 1 atom stereocenters. The molecule has 49 heavy (non-hydrogen) atoms. The van der Waals surface area contributed by atoms with Gasteiger partial charge in [0.15, 0.2) is 11.2 Å². The van der Waals surface area contributed by atoms with Crippen LogP contribution in [0.3, 0.4) is 0 Å². The summed E-state index contributed by atoms with van der Waals surface area (Å²) in [6.07, 6.45) is 1.09. The van der Waals surface area contributed by atoms with Crippen LogP contribution in [-0.4, -0.2) is 54.5 Å². The number of carbonyl (C=O) groups is 1. The van der Waals surface area contributed by atoms with E-state index in [2.05, 4.69) is 34.6 Å². The maximum absolute atomic E-state index is 14.3. The number of carbonyl (C=O) groups excluding carboxylic acids is 1. The number of imidazole rings is 1. The van der Waals surface area contributed by atoms with Gasteiger partial charge in [-0.15, -0.1) is 5.92 Å². The second-order valence-corrected chi connectivity index (χ2v) is 13.3. The Morgan fingerprint density at radius 1 is 1.04 bits per heavy atom. The van der Waals surface area contributed by atoms with E-state index in [0.29, 0.717) is 31.3 Å². The van der Waals surface area contributed by atoms with E-state index in [4.69, 9.17) is 14.7 Å². The Kier molecular flexibility index (Phi) is 9.44. The number of nitrogens with zero attached hydrogens (tertiary/aromatic N) is 6. The van der Waals surface area contributed by atoms with Gasteiger partial charge in [-0.1, -0.05) is 54.5 Å². The van der Waals surface area contributed by atoms with Crippen molar-refractivity contribution in [2.24, 2.45) is 7.05 Å². The second kappa shape index (κ2) is 13.9. The van der Waals surface area contributed by atoms with Crippen molar-refractivity contribution in [3.05, 3.63) is 92.8 Å². The minimum atomic E-state index is -0.613. The lowest BCUT2D eigenvalue weighted by molar-refractivity contribution is 0.0499. The van der Waals surface area contributed by atoms with E-state index in [9.17, 15) is 14.4 Å². The Bertz CT molecular complexity index is 2180. The molecular weight excluding hydrogens is 620 g/mol. The number of alkyl carbamates (subject to hydrolysis) is 1. The zero-order chi connectivity index (χ0) is 34.7. The minimum Gasteiger partial charge on any atom is -0.444 e. The molecule has 2 N–H and O–H groups in total. The number of fused-ring (bicyclic) bond motifs is 2. The van der Waals surface area contributed by atoms with Crippen LogP contribution in [0.4, 0.5) is 16.4 Å². The summed E-state index contributed by atoms with van der Waals surface area (Å²) in [5, 5.41) is 7.44. The molecule has 5 aromatic rings. The molecule has 0 bridgehead atoms. The number of pyridine rings is 1. The number of piperidine rings is 1. The van der Waals surface area contributed by atoms with Gasteiger partial charge in [0.2, 0.25) is 5.95 Å². The van der Waals surface area contributed by atoms with Crippen LogP contribution in [0.5, 0.6) is 0 Å². The Morgan fingerprint density at radius 2 is 1.80 bits per heavy atom. The number of amides is 1. The SMILES string of the molecule is CC#CCn1c(N2CCCC(NC(=O)OC(C)(C)C)C2)nc2c1c(=O)n(Cc1cc(NCc3ccccc3)c3ccccc3n1)c(=O)n2C. The highest BCUT2D eigenvalue weighted by Gasteiger charge is 2.29. The number of ether oxygens (including phenoxy) is 1. The molecule has 6 rings (SSSR count). The van der Waals surface area contributed by atoms with Gasteiger partial charge in [0.25, 0.3) is 5.56 Å². The third-order valence-electron chi connectivity index (χ3n) is 8.47. The van der Waals surface area contributed by atoms with Crippen LogP contribution in [0.15, 0.2) is 70.3 Å². The third-order valence-corrected chi connectivity index (χ3v) is 8.47. The lowest BCUT2D eigenvalue weighted by Crippen LogP contribution is -2.49. The molecule has 1 amide bonds. The van der Waals surface area contributed by atoms with Gasteiger partial charge in [-0.3, -0.25) is 23.5 Å². The highest BCUT2D eigenvalue weighted by molar-refractivity contribution is 5.91. The first-order valence-electron chi connectivity index (χ1n) is 16.5. The lowest BCUT2D eigenvalue weighted by atomic mass is 10.1. The summed E-state index contributed by atoms with van der Waals surface area (Å²) in [5.74, 6) is 6.52. The van der Waals surface area contributed by atoms with Crippen molar-refractivity contribution < 1.29 is 9.53 Å². The fourth-order valence-electron chi connectivity index (χ4n) is 6.21. The summed E-state index contributed by atoms with van der Waals surface area (Å²) in [4.78, 5) is 52.3. The van der Waals surface area contributed by atoms with Gasteiger partial charge in [-0.2, -0.15) is 4.98 Å². The van der Waals surface area contributed by atoms with Crippen molar-refractivity contribution in [3.8, 4) is 11.8 Å². The van der Waals surface area contributed by atoms with Crippen LogP contribution in [0.25, 0.3) is 22.1 Å². The van der Waals surface area contributed by atoms with Crippen LogP contribution in [0, 0.1) is 11.8 Å². The monoisotopic (exact) mass is 662 g/mol. The molecule has 4 heterocycles. The van der Waals surface area contributed by atoms with Crippen LogP contribution in [0.1, 0.15) is 51.8 Å². The van der Waals surface area contributed by atoms with Crippen molar-refractivity contribution in [1.82, 2.24) is 29.0 Å². The van der Waals surface area contributed by atoms with E-state index in [0.717, 1.165) is 35.0 Å². The summed E-state index contributed by atoms with van der Waals surface area (Å²) in [5.41, 5.74) is 2.30. The number of aryl methyl sites for hydroxylation is 1. The van der Waals surface area contributed by atoms with E-state index in [1.807, 2.05) is 74.2 Å². The van der Waals surface area contributed by atoms with E-state index in [1.165, 1.54) is 9.13 Å². The van der Waals surface area contributed by atoms with Gasteiger partial charge in [0.05, 0.1) is 24.3 Å². The molecule has 1 aliphatic rings. The van der Waals surface area contributed by atoms with Crippen LogP contribution in [-0.2, 0) is 31.4 Å². The molecule has 12 nitrogen and oxygen atoms in total. The number of aromatic nitrogens is 5. The van der Waals surface area contributed by atoms with Crippen LogP contribution >= 0.6 is 0 Å². The fourth-order valence-corrected chi connectivity index (χ4v) is 6.21. The Labute approximate surface area is 284 Å². The van der Waals surface area contributed by atoms with E-state index >= 15 is 0 Å². The molecule has 254 valence electrons. The first kappa shape index (κ1) is 33.3. The quantitative estimate of drug-likeness (QED) is 0.231. The molecule has 0 radical (unpaired) electrons. The van der Waals surface area contributed by atoms with Crippen molar-refractivity contribution in [2.75, 3.05) is 23.3 Å². The van der Waals surface area contributed by atoms with Crippen molar-refractivity contribution in [2.45, 2.75) is 71.8 Å².